The number of carbonyl (C=O) groups is 1. The number of phenols is 1. The van der Waals surface area contributed by atoms with E-state index in [2.05, 4.69) is 5.10 Å². The van der Waals surface area contributed by atoms with Crippen LogP contribution in [0.25, 0.3) is 6.08 Å². The Hall–Kier alpha value is -3.68. The van der Waals surface area contributed by atoms with E-state index < -0.39 is 10.8 Å². The molecule has 8 heteroatoms. The monoisotopic (exact) mass is 353 g/mol. The first-order valence-corrected chi connectivity index (χ1v) is 7.64. The first kappa shape index (κ1) is 17.2. The number of para-hydroxylation sites is 1. The number of hydrogen-bond donors (Lipinski definition) is 1. The third-order valence-corrected chi connectivity index (χ3v) is 3.88. The van der Waals surface area contributed by atoms with Crippen LogP contribution in [0.5, 0.6) is 11.5 Å². The molecule has 0 spiro atoms. The zero-order chi connectivity index (χ0) is 18.8. The summed E-state index contributed by atoms with van der Waals surface area (Å²) in [7, 11) is 1.29. The van der Waals surface area contributed by atoms with Gasteiger partial charge in [0.15, 0.2) is 11.5 Å². The first-order valence-electron chi connectivity index (χ1n) is 7.64. The van der Waals surface area contributed by atoms with Gasteiger partial charge >= 0.3 is 0 Å². The summed E-state index contributed by atoms with van der Waals surface area (Å²) in [5.74, 6) is -0.728. The second kappa shape index (κ2) is 6.67. The standard InChI is InChI=1S/C18H15N3O5/c1-11-15(18(23)20(19-11)13-6-4-3-5-7-13)9-12-8-14(21(24)25)10-16(26-2)17(12)22/h3-10,22H,1-2H3/b15-9+. The van der Waals surface area contributed by atoms with Gasteiger partial charge in [-0.15, -0.1) is 0 Å². The number of methoxy groups -OCH3 is 1. The van der Waals surface area contributed by atoms with Gasteiger partial charge in [-0.1, -0.05) is 18.2 Å². The van der Waals surface area contributed by atoms with Crippen molar-refractivity contribution in [2.24, 2.45) is 5.10 Å². The summed E-state index contributed by atoms with van der Waals surface area (Å²) in [5.41, 5.74) is 1.10. The lowest BCUT2D eigenvalue weighted by molar-refractivity contribution is -0.385. The van der Waals surface area contributed by atoms with Gasteiger partial charge in [-0.25, -0.2) is 0 Å². The lowest BCUT2D eigenvalue weighted by atomic mass is 10.1. The highest BCUT2D eigenvalue weighted by Gasteiger charge is 2.29. The van der Waals surface area contributed by atoms with E-state index in [1.165, 1.54) is 24.3 Å². The van der Waals surface area contributed by atoms with Crippen LogP contribution in [0.4, 0.5) is 11.4 Å². The highest BCUT2D eigenvalue weighted by atomic mass is 16.6. The Balaban J connectivity index is 2.06. The van der Waals surface area contributed by atoms with Crippen LogP contribution in [-0.2, 0) is 4.79 Å². The number of ether oxygens (including phenoxy) is 1. The van der Waals surface area contributed by atoms with Crippen LogP contribution in [0.1, 0.15) is 12.5 Å². The molecule has 8 nitrogen and oxygen atoms in total. The zero-order valence-corrected chi connectivity index (χ0v) is 14.0. The quantitative estimate of drug-likeness (QED) is 0.516. The second-order valence-corrected chi connectivity index (χ2v) is 5.54. The molecule has 132 valence electrons. The molecule has 0 saturated heterocycles. The van der Waals surface area contributed by atoms with Crippen molar-refractivity contribution >= 4 is 29.1 Å². The Kier molecular flexibility index (Phi) is 4.40. The third kappa shape index (κ3) is 3.00. The number of aromatic hydroxyl groups is 1. The van der Waals surface area contributed by atoms with Crippen molar-refractivity contribution < 1.29 is 19.6 Å². The summed E-state index contributed by atoms with van der Waals surface area (Å²) in [6, 6.07) is 11.2. The van der Waals surface area contributed by atoms with E-state index in [9.17, 15) is 20.0 Å². The van der Waals surface area contributed by atoms with Crippen LogP contribution in [0, 0.1) is 10.1 Å². The molecule has 0 atom stereocenters. The van der Waals surface area contributed by atoms with Crippen LogP contribution in [0.3, 0.4) is 0 Å². The van der Waals surface area contributed by atoms with Gasteiger partial charge in [-0.05, 0) is 25.1 Å². The molecule has 1 N–H and O–H groups in total. The number of anilines is 1. The Morgan fingerprint density at radius 3 is 2.58 bits per heavy atom. The molecule has 0 aliphatic carbocycles. The largest absolute Gasteiger partial charge is 0.504 e. The van der Waals surface area contributed by atoms with Crippen molar-refractivity contribution in [3.8, 4) is 11.5 Å². The number of hydrogen-bond acceptors (Lipinski definition) is 6. The molecule has 1 heterocycles. The van der Waals surface area contributed by atoms with Gasteiger partial charge in [0, 0.05) is 11.6 Å². The Labute approximate surface area is 148 Å². The molecule has 2 aromatic carbocycles. The Morgan fingerprint density at radius 2 is 1.96 bits per heavy atom. The molecule has 0 fully saturated rings. The van der Waals surface area contributed by atoms with Crippen molar-refractivity contribution in [2.45, 2.75) is 6.92 Å². The summed E-state index contributed by atoms with van der Waals surface area (Å²) >= 11 is 0. The molecule has 0 saturated carbocycles. The fourth-order valence-electron chi connectivity index (χ4n) is 2.57. The van der Waals surface area contributed by atoms with Crippen LogP contribution in [0.15, 0.2) is 53.1 Å². The summed E-state index contributed by atoms with van der Waals surface area (Å²) in [6.45, 7) is 1.65. The molecule has 2 aromatic rings. The molecule has 0 radical (unpaired) electrons. The molecule has 0 bridgehead atoms. The van der Waals surface area contributed by atoms with Crippen LogP contribution in [0.2, 0.25) is 0 Å². The number of nitro benzene ring substituents is 1. The van der Waals surface area contributed by atoms with E-state index in [1.807, 2.05) is 6.07 Å². The number of nitrogens with zero attached hydrogens (tertiary/aromatic N) is 3. The predicted molar refractivity (Wildman–Crippen MR) is 96.3 cm³/mol. The average molecular weight is 353 g/mol. The Bertz CT molecular complexity index is 951. The van der Waals surface area contributed by atoms with Crippen LogP contribution < -0.4 is 9.75 Å². The number of benzene rings is 2. The number of phenolic OH excluding ortho intramolecular Hbond substituents is 1. The topological polar surface area (TPSA) is 105 Å². The molecule has 0 aromatic heterocycles. The maximum atomic E-state index is 12.7. The number of carbonyl (C=O) groups excluding carboxylic acids is 1. The minimum atomic E-state index is -0.600. The number of amides is 1. The first-order chi connectivity index (χ1) is 12.4. The van der Waals surface area contributed by atoms with E-state index in [0.717, 1.165) is 6.07 Å². The third-order valence-electron chi connectivity index (χ3n) is 3.88. The normalized spacial score (nSPS) is 15.3. The summed E-state index contributed by atoms with van der Waals surface area (Å²) < 4.78 is 4.98. The number of non-ortho nitro benzene ring substituents is 1. The van der Waals surface area contributed by atoms with Gasteiger partial charge < -0.3 is 9.84 Å². The van der Waals surface area contributed by atoms with Gasteiger partial charge in [0.25, 0.3) is 11.6 Å². The van der Waals surface area contributed by atoms with Crippen molar-refractivity contribution in [2.75, 3.05) is 12.1 Å². The summed E-state index contributed by atoms with van der Waals surface area (Å²) in [4.78, 5) is 23.2. The Morgan fingerprint density at radius 1 is 1.27 bits per heavy atom. The fourth-order valence-corrected chi connectivity index (χ4v) is 2.57. The smallest absolute Gasteiger partial charge is 0.280 e. The SMILES string of the molecule is COc1cc([N+](=O)[O-])cc(/C=C2/C(=O)N(c3ccccc3)N=C2C)c1O. The van der Waals surface area contributed by atoms with Gasteiger partial charge in [0.2, 0.25) is 0 Å². The minimum absolute atomic E-state index is 0.0500. The highest BCUT2D eigenvalue weighted by Crippen LogP contribution is 2.36. The maximum absolute atomic E-state index is 12.7. The molecular weight excluding hydrogens is 338 g/mol. The van der Waals surface area contributed by atoms with E-state index >= 15 is 0 Å². The molecule has 1 amide bonds. The van der Waals surface area contributed by atoms with Gasteiger partial charge in [-0.3, -0.25) is 14.9 Å². The number of hydrazone groups is 1. The average Bonchev–Trinajstić information content (AvgIpc) is 2.92. The van der Waals surface area contributed by atoms with E-state index in [4.69, 9.17) is 4.74 Å². The maximum Gasteiger partial charge on any atom is 0.280 e. The van der Waals surface area contributed by atoms with Crippen molar-refractivity contribution in [1.29, 1.82) is 0 Å². The van der Waals surface area contributed by atoms with Gasteiger partial charge in [0.05, 0.1) is 35.1 Å². The predicted octanol–water partition coefficient (Wildman–Crippen LogP) is 3.12. The lowest BCUT2D eigenvalue weighted by Gasteiger charge is -2.11. The van der Waals surface area contributed by atoms with Gasteiger partial charge in [0.1, 0.15) is 0 Å². The van der Waals surface area contributed by atoms with E-state index in [-0.39, 0.29) is 28.3 Å². The number of rotatable bonds is 4. The second-order valence-electron chi connectivity index (χ2n) is 5.54. The highest BCUT2D eigenvalue weighted by molar-refractivity contribution is 6.32. The molecule has 1 aliphatic heterocycles. The van der Waals surface area contributed by atoms with Gasteiger partial charge in [-0.2, -0.15) is 10.1 Å². The van der Waals surface area contributed by atoms with Crippen LogP contribution >= 0.6 is 0 Å². The van der Waals surface area contributed by atoms with Crippen molar-refractivity contribution in [1.82, 2.24) is 0 Å². The van der Waals surface area contributed by atoms with E-state index in [1.54, 1.807) is 31.2 Å². The molecule has 0 unspecified atom stereocenters. The minimum Gasteiger partial charge on any atom is -0.504 e. The molecule has 1 aliphatic rings. The van der Waals surface area contributed by atoms with E-state index in [0.29, 0.717) is 11.4 Å². The number of nitro groups is 1. The van der Waals surface area contributed by atoms with Crippen molar-refractivity contribution in [3.63, 3.8) is 0 Å². The van der Waals surface area contributed by atoms with Crippen LogP contribution in [-0.4, -0.2) is 28.8 Å². The summed E-state index contributed by atoms with van der Waals surface area (Å²) in [5, 5.41) is 26.8. The zero-order valence-electron chi connectivity index (χ0n) is 14.0. The molecule has 26 heavy (non-hydrogen) atoms. The summed E-state index contributed by atoms with van der Waals surface area (Å²) in [6.07, 6.45) is 1.37. The van der Waals surface area contributed by atoms with Crippen molar-refractivity contribution in [3.05, 3.63) is 63.7 Å². The lowest BCUT2D eigenvalue weighted by Crippen LogP contribution is -2.21. The fraction of sp³-hybridized carbons (Fsp3) is 0.111. The molecular formula is C18H15N3O5. The molecule has 3 rings (SSSR count).